The third-order valence-electron chi connectivity index (χ3n) is 5.41. The summed E-state index contributed by atoms with van der Waals surface area (Å²) in [4.78, 5) is 0. The first-order valence-corrected chi connectivity index (χ1v) is 10.8. The van der Waals surface area contributed by atoms with E-state index in [0.29, 0.717) is 5.56 Å². The lowest BCUT2D eigenvalue weighted by Crippen LogP contribution is -2.51. The molecule has 4 nitrogen and oxygen atoms in total. The maximum absolute atomic E-state index is 13.2. The average molecular weight is 553 g/mol. The van der Waals surface area contributed by atoms with Gasteiger partial charge in [0.2, 0.25) is 0 Å². The van der Waals surface area contributed by atoms with Gasteiger partial charge < -0.3 is 19.9 Å². The molecule has 1 atom stereocenters. The van der Waals surface area contributed by atoms with Crippen LogP contribution in [0.3, 0.4) is 0 Å². The Hall–Kier alpha value is -3.45. The van der Waals surface area contributed by atoms with Crippen LogP contribution in [0.15, 0.2) is 78.9 Å². The van der Waals surface area contributed by atoms with Crippen LogP contribution in [0.25, 0.3) is 0 Å². The van der Waals surface area contributed by atoms with Crippen LogP contribution in [0.2, 0.25) is 0 Å². The highest BCUT2D eigenvalue weighted by Gasteiger charge is 2.42. The minimum absolute atomic E-state index is 0.0818. The Balaban J connectivity index is 2.23. The summed E-state index contributed by atoms with van der Waals surface area (Å²) in [6, 6.07) is 16.5. The molecule has 3 aromatic carbocycles. The molecule has 0 aliphatic heterocycles. The number of alkyl halides is 9. The van der Waals surface area contributed by atoms with E-state index in [-0.39, 0.29) is 17.5 Å². The minimum atomic E-state index is -5.10. The molecule has 3 aromatic rings. The smallest absolute Gasteiger partial charge is 0.406 e. The van der Waals surface area contributed by atoms with E-state index in [4.69, 9.17) is 0 Å². The van der Waals surface area contributed by atoms with Crippen LogP contribution in [0, 0.1) is 0 Å². The number of aliphatic hydroxyl groups is 1. The Morgan fingerprint density at radius 3 is 1.55 bits per heavy atom. The fourth-order valence-electron chi connectivity index (χ4n) is 3.84. The second-order valence-corrected chi connectivity index (χ2v) is 8.16. The molecule has 0 aliphatic rings. The van der Waals surface area contributed by atoms with Gasteiger partial charge in [0.05, 0.1) is 5.54 Å². The summed E-state index contributed by atoms with van der Waals surface area (Å²) in [6.07, 6.45) is -18.4. The maximum Gasteiger partial charge on any atom is 0.573 e. The van der Waals surface area contributed by atoms with E-state index in [1.807, 2.05) is 0 Å². The number of rotatable bonds is 9. The minimum Gasteiger partial charge on any atom is -0.406 e. The van der Waals surface area contributed by atoms with Crippen molar-refractivity contribution in [3.8, 4) is 11.5 Å². The largest absolute Gasteiger partial charge is 0.573 e. The molecule has 0 fully saturated rings. The number of nitrogens with one attached hydrogen (secondary N) is 1. The number of benzene rings is 3. The molecule has 0 unspecified atom stereocenters. The van der Waals surface area contributed by atoms with Crippen LogP contribution in [-0.4, -0.2) is 36.7 Å². The summed E-state index contributed by atoms with van der Waals surface area (Å²) >= 11 is 0. The molecule has 206 valence electrons. The molecule has 0 saturated heterocycles. The first-order chi connectivity index (χ1) is 17.6. The van der Waals surface area contributed by atoms with Crippen molar-refractivity contribution in [2.45, 2.75) is 37.0 Å². The maximum atomic E-state index is 13.2. The van der Waals surface area contributed by atoms with Gasteiger partial charge in [0.1, 0.15) is 11.5 Å². The molecule has 0 bridgehead atoms. The molecule has 2 N–H and O–H groups in total. The fourth-order valence-corrected chi connectivity index (χ4v) is 3.84. The van der Waals surface area contributed by atoms with Crippen LogP contribution in [-0.2, 0) is 12.0 Å². The highest BCUT2D eigenvalue weighted by atomic mass is 19.4. The number of hydrogen-bond donors (Lipinski definition) is 2. The second-order valence-electron chi connectivity index (χ2n) is 8.16. The molecule has 0 heterocycles. The standard InChI is InChI=1S/C25H20F9NO3/c26-23(27,28)21(36)15-35-22(14-16-6-2-1-3-7-16,17-8-4-10-19(12-17)37-24(29,30)31)18-9-5-11-20(13-18)38-25(32,33)34/h1-13,21,35-36H,14-15H2/t21-/m1/s1. The van der Waals surface area contributed by atoms with E-state index in [1.54, 1.807) is 30.3 Å². The van der Waals surface area contributed by atoms with Gasteiger partial charge in [0.25, 0.3) is 0 Å². The second kappa shape index (κ2) is 11.1. The van der Waals surface area contributed by atoms with Gasteiger partial charge >= 0.3 is 18.9 Å². The van der Waals surface area contributed by atoms with E-state index < -0.39 is 48.6 Å². The summed E-state index contributed by atoms with van der Waals surface area (Å²) in [5.41, 5.74) is -1.59. The lowest BCUT2D eigenvalue weighted by atomic mass is 9.77. The van der Waals surface area contributed by atoms with Crippen molar-refractivity contribution in [3.05, 3.63) is 95.6 Å². The Labute approximate surface area is 210 Å². The molecule has 0 saturated carbocycles. The van der Waals surface area contributed by atoms with Gasteiger partial charge in [-0.15, -0.1) is 26.3 Å². The van der Waals surface area contributed by atoms with Crippen molar-refractivity contribution >= 4 is 0 Å². The normalized spacial score (nSPS) is 13.7. The zero-order valence-electron chi connectivity index (χ0n) is 19.2. The Bertz CT molecular complexity index is 1140. The van der Waals surface area contributed by atoms with Crippen molar-refractivity contribution in [3.63, 3.8) is 0 Å². The third-order valence-corrected chi connectivity index (χ3v) is 5.41. The summed E-state index contributed by atoms with van der Waals surface area (Å²) in [5, 5.41) is 12.2. The van der Waals surface area contributed by atoms with Gasteiger partial charge in [0, 0.05) is 6.54 Å². The molecule has 0 amide bonds. The SMILES string of the molecule is O[C@H](CNC(Cc1ccccc1)(c1cccc(OC(F)(F)F)c1)c1cccc(OC(F)(F)F)c1)C(F)(F)F. The van der Waals surface area contributed by atoms with Gasteiger partial charge in [0.15, 0.2) is 6.10 Å². The van der Waals surface area contributed by atoms with E-state index in [9.17, 15) is 44.6 Å². The van der Waals surface area contributed by atoms with Crippen LogP contribution < -0.4 is 14.8 Å². The highest BCUT2D eigenvalue weighted by molar-refractivity contribution is 5.46. The highest BCUT2D eigenvalue weighted by Crippen LogP contribution is 2.38. The Morgan fingerprint density at radius 1 is 0.658 bits per heavy atom. The van der Waals surface area contributed by atoms with Crippen LogP contribution >= 0.6 is 0 Å². The van der Waals surface area contributed by atoms with Crippen molar-refractivity contribution in [2.75, 3.05) is 6.54 Å². The van der Waals surface area contributed by atoms with Gasteiger partial charge in [-0.25, -0.2) is 0 Å². The van der Waals surface area contributed by atoms with E-state index in [2.05, 4.69) is 14.8 Å². The molecule has 0 spiro atoms. The van der Waals surface area contributed by atoms with Crippen molar-refractivity contribution < 1.29 is 54.1 Å². The molecule has 38 heavy (non-hydrogen) atoms. The summed E-state index contributed by atoms with van der Waals surface area (Å²) < 4.78 is 125. The molecule has 0 aromatic heterocycles. The predicted molar refractivity (Wildman–Crippen MR) is 117 cm³/mol. The molecular formula is C25H20F9NO3. The van der Waals surface area contributed by atoms with Gasteiger partial charge in [-0.05, 0) is 47.4 Å². The van der Waals surface area contributed by atoms with Crippen molar-refractivity contribution in [1.82, 2.24) is 5.32 Å². The van der Waals surface area contributed by atoms with Crippen LogP contribution in [0.4, 0.5) is 39.5 Å². The zero-order valence-corrected chi connectivity index (χ0v) is 19.2. The van der Waals surface area contributed by atoms with Gasteiger partial charge in [-0.3, -0.25) is 0 Å². The molecule has 0 aliphatic carbocycles. The van der Waals surface area contributed by atoms with Crippen LogP contribution in [0.5, 0.6) is 11.5 Å². The Kier molecular flexibility index (Phi) is 8.52. The van der Waals surface area contributed by atoms with Crippen LogP contribution in [0.1, 0.15) is 16.7 Å². The predicted octanol–water partition coefficient (Wildman–Crippen LogP) is 6.48. The zero-order chi connectivity index (χ0) is 28.2. The number of ether oxygens (including phenoxy) is 2. The first-order valence-electron chi connectivity index (χ1n) is 10.8. The average Bonchev–Trinajstić information content (AvgIpc) is 2.80. The Morgan fingerprint density at radius 2 is 1.13 bits per heavy atom. The number of aliphatic hydroxyl groups excluding tert-OH is 1. The summed E-state index contributed by atoms with van der Waals surface area (Å²) in [7, 11) is 0. The third kappa shape index (κ3) is 8.02. The van der Waals surface area contributed by atoms with E-state index in [1.165, 1.54) is 12.1 Å². The molecule has 0 radical (unpaired) electrons. The molecule has 13 heteroatoms. The quantitative estimate of drug-likeness (QED) is 0.298. The lowest BCUT2D eigenvalue weighted by Gasteiger charge is -2.38. The summed E-state index contributed by atoms with van der Waals surface area (Å²) in [5.74, 6) is -1.43. The van der Waals surface area contributed by atoms with E-state index >= 15 is 0 Å². The molecular weight excluding hydrogens is 533 g/mol. The summed E-state index contributed by atoms with van der Waals surface area (Å²) in [6.45, 7) is -1.15. The molecule has 3 rings (SSSR count). The topological polar surface area (TPSA) is 50.7 Å². The lowest BCUT2D eigenvalue weighted by molar-refractivity contribution is -0.275. The number of hydrogen-bond acceptors (Lipinski definition) is 4. The van der Waals surface area contributed by atoms with Gasteiger partial charge in [-0.1, -0.05) is 54.6 Å². The monoisotopic (exact) mass is 553 g/mol. The van der Waals surface area contributed by atoms with E-state index in [0.717, 1.165) is 36.4 Å². The van der Waals surface area contributed by atoms with Crippen molar-refractivity contribution in [2.24, 2.45) is 0 Å². The first kappa shape index (κ1) is 29.1. The van der Waals surface area contributed by atoms with Gasteiger partial charge in [-0.2, -0.15) is 13.2 Å². The fraction of sp³-hybridized carbons (Fsp3) is 0.280. The number of halogens is 9. The van der Waals surface area contributed by atoms with Crippen molar-refractivity contribution in [1.29, 1.82) is 0 Å².